The van der Waals surface area contributed by atoms with Gasteiger partial charge < -0.3 is 9.05 Å². The molecule has 1 aromatic rings. The van der Waals surface area contributed by atoms with Crippen LogP contribution in [0.1, 0.15) is 32.3 Å². The van der Waals surface area contributed by atoms with E-state index in [0.717, 1.165) is 12.8 Å². The van der Waals surface area contributed by atoms with Gasteiger partial charge in [-0.05, 0) is 30.2 Å². The van der Waals surface area contributed by atoms with Crippen molar-refractivity contribution in [3.63, 3.8) is 0 Å². The van der Waals surface area contributed by atoms with Gasteiger partial charge in [0, 0.05) is 20.6 Å². The van der Waals surface area contributed by atoms with E-state index in [1.54, 1.807) is 0 Å². The molecule has 124 valence electrons. The standard InChI is InChI=1S/C17H27O4P/c1-14(2)16(11-10-15-8-6-5-7-9-15)12-17(18)13-22(19,20-3)21-4/h5-9,14,16H,10-13H2,1-4H3. The van der Waals surface area contributed by atoms with Gasteiger partial charge in [-0.15, -0.1) is 0 Å². The summed E-state index contributed by atoms with van der Waals surface area (Å²) in [5, 5.41) is 0. The summed E-state index contributed by atoms with van der Waals surface area (Å²) in [5.74, 6) is 0.616. The predicted octanol–water partition coefficient (Wildman–Crippen LogP) is 4.34. The molecule has 0 saturated carbocycles. The maximum atomic E-state index is 12.2. The first-order valence-corrected chi connectivity index (χ1v) is 9.39. The van der Waals surface area contributed by atoms with Crippen LogP contribution in [0.25, 0.3) is 0 Å². The molecule has 0 N–H and O–H groups in total. The molecular formula is C17H27O4P. The Balaban J connectivity index is 2.57. The number of hydrogen-bond donors (Lipinski definition) is 0. The topological polar surface area (TPSA) is 52.6 Å². The Kier molecular flexibility index (Phi) is 8.02. The summed E-state index contributed by atoms with van der Waals surface area (Å²) in [6.45, 7) is 4.24. The van der Waals surface area contributed by atoms with Gasteiger partial charge in [0.05, 0.1) is 0 Å². The predicted molar refractivity (Wildman–Crippen MR) is 89.2 cm³/mol. The second kappa shape index (κ2) is 9.24. The highest BCUT2D eigenvalue weighted by atomic mass is 31.2. The summed E-state index contributed by atoms with van der Waals surface area (Å²) in [6.07, 6.45) is 2.16. The van der Waals surface area contributed by atoms with Gasteiger partial charge in [-0.2, -0.15) is 0 Å². The van der Waals surface area contributed by atoms with Crippen LogP contribution in [-0.4, -0.2) is 26.2 Å². The number of hydrogen-bond acceptors (Lipinski definition) is 4. The Bertz CT molecular complexity index is 491. The Morgan fingerprint density at radius 3 is 2.23 bits per heavy atom. The van der Waals surface area contributed by atoms with E-state index in [9.17, 15) is 9.36 Å². The molecular weight excluding hydrogens is 299 g/mol. The molecule has 1 atom stereocenters. The van der Waals surface area contributed by atoms with Crippen LogP contribution in [0.4, 0.5) is 0 Å². The minimum absolute atomic E-state index is 0.0567. The van der Waals surface area contributed by atoms with E-state index in [2.05, 4.69) is 26.0 Å². The zero-order valence-corrected chi connectivity index (χ0v) is 14.8. The lowest BCUT2D eigenvalue weighted by Crippen LogP contribution is -2.18. The fraction of sp³-hybridized carbons (Fsp3) is 0.588. The fourth-order valence-corrected chi connectivity index (χ4v) is 3.41. The molecule has 0 aromatic heterocycles. The number of aryl methyl sites for hydroxylation is 1. The lowest BCUT2D eigenvalue weighted by molar-refractivity contribution is -0.118. The van der Waals surface area contributed by atoms with Crippen LogP contribution < -0.4 is 0 Å². The maximum Gasteiger partial charge on any atom is 0.337 e. The molecule has 22 heavy (non-hydrogen) atoms. The van der Waals surface area contributed by atoms with Crippen LogP contribution >= 0.6 is 7.60 Å². The van der Waals surface area contributed by atoms with Gasteiger partial charge in [-0.25, -0.2) is 0 Å². The number of carbonyl (C=O) groups is 1. The third kappa shape index (κ3) is 6.43. The van der Waals surface area contributed by atoms with Gasteiger partial charge in [-0.3, -0.25) is 9.36 Å². The zero-order valence-electron chi connectivity index (χ0n) is 14.0. The highest BCUT2D eigenvalue weighted by molar-refractivity contribution is 7.54. The first-order chi connectivity index (χ1) is 10.4. The van der Waals surface area contributed by atoms with Crippen molar-refractivity contribution in [3.05, 3.63) is 35.9 Å². The average molecular weight is 326 g/mol. The smallest absolute Gasteiger partial charge is 0.312 e. The van der Waals surface area contributed by atoms with Crippen LogP contribution in [0.3, 0.4) is 0 Å². The van der Waals surface area contributed by atoms with Crippen molar-refractivity contribution in [2.45, 2.75) is 33.1 Å². The van der Waals surface area contributed by atoms with Gasteiger partial charge in [0.25, 0.3) is 0 Å². The molecule has 0 heterocycles. The summed E-state index contributed by atoms with van der Waals surface area (Å²) < 4.78 is 21.7. The van der Waals surface area contributed by atoms with Gasteiger partial charge >= 0.3 is 7.60 Å². The van der Waals surface area contributed by atoms with Crippen molar-refractivity contribution in [2.75, 3.05) is 20.4 Å². The molecule has 1 unspecified atom stereocenters. The Morgan fingerprint density at radius 1 is 1.14 bits per heavy atom. The molecule has 0 aliphatic rings. The lowest BCUT2D eigenvalue weighted by atomic mass is 9.86. The number of carbonyl (C=O) groups excluding carboxylic acids is 1. The molecule has 0 saturated heterocycles. The van der Waals surface area contributed by atoms with Crippen LogP contribution in [0.2, 0.25) is 0 Å². The van der Waals surface area contributed by atoms with Crippen LogP contribution in [0, 0.1) is 11.8 Å². The van der Waals surface area contributed by atoms with Crippen molar-refractivity contribution in [1.82, 2.24) is 0 Å². The maximum absolute atomic E-state index is 12.2. The minimum Gasteiger partial charge on any atom is -0.312 e. The van der Waals surface area contributed by atoms with Gasteiger partial charge in [-0.1, -0.05) is 44.2 Å². The largest absolute Gasteiger partial charge is 0.337 e. The Labute approximate surface area is 133 Å². The molecule has 0 spiro atoms. The molecule has 0 aliphatic carbocycles. The lowest BCUT2D eigenvalue weighted by Gasteiger charge is -2.21. The first kappa shape index (κ1) is 19.1. The summed E-state index contributed by atoms with van der Waals surface area (Å²) in [4.78, 5) is 12.2. The summed E-state index contributed by atoms with van der Waals surface area (Å²) in [5.41, 5.74) is 1.28. The van der Waals surface area contributed by atoms with E-state index >= 15 is 0 Å². The molecule has 0 aliphatic heterocycles. The number of rotatable bonds is 10. The SMILES string of the molecule is COP(=O)(CC(=O)CC(CCc1ccccc1)C(C)C)OC. The number of ketones is 1. The van der Waals surface area contributed by atoms with Crippen LogP contribution in [0.15, 0.2) is 30.3 Å². The van der Waals surface area contributed by atoms with Crippen molar-refractivity contribution < 1.29 is 18.4 Å². The van der Waals surface area contributed by atoms with E-state index in [1.165, 1.54) is 19.8 Å². The molecule has 0 amide bonds. The van der Waals surface area contributed by atoms with Crippen LogP contribution in [0.5, 0.6) is 0 Å². The molecule has 1 aromatic carbocycles. The van der Waals surface area contributed by atoms with Crippen molar-refractivity contribution in [2.24, 2.45) is 11.8 Å². The zero-order chi connectivity index (χ0) is 16.6. The summed E-state index contributed by atoms with van der Waals surface area (Å²) >= 11 is 0. The van der Waals surface area contributed by atoms with E-state index in [-0.39, 0.29) is 17.9 Å². The van der Waals surface area contributed by atoms with Crippen molar-refractivity contribution >= 4 is 13.4 Å². The van der Waals surface area contributed by atoms with Gasteiger partial charge in [0.1, 0.15) is 11.9 Å². The molecule has 5 heteroatoms. The first-order valence-electron chi connectivity index (χ1n) is 7.66. The van der Waals surface area contributed by atoms with Crippen molar-refractivity contribution in [1.29, 1.82) is 0 Å². The van der Waals surface area contributed by atoms with E-state index in [1.807, 2.05) is 18.2 Å². The quantitative estimate of drug-likeness (QED) is 0.600. The number of Topliss-reactive ketones (excluding diaryl/α,β-unsaturated/α-hetero) is 1. The van der Waals surface area contributed by atoms with Crippen LogP contribution in [-0.2, 0) is 24.8 Å². The molecule has 1 rings (SSSR count). The van der Waals surface area contributed by atoms with Crippen molar-refractivity contribution in [3.8, 4) is 0 Å². The molecule has 0 fully saturated rings. The number of benzene rings is 1. The molecule has 0 bridgehead atoms. The molecule has 0 radical (unpaired) electrons. The van der Waals surface area contributed by atoms with Gasteiger partial charge in [0.15, 0.2) is 0 Å². The second-order valence-corrected chi connectivity index (χ2v) is 8.17. The Hall–Kier alpha value is -0.960. The monoisotopic (exact) mass is 326 g/mol. The minimum atomic E-state index is -3.25. The van der Waals surface area contributed by atoms with E-state index < -0.39 is 7.60 Å². The molecule has 4 nitrogen and oxygen atoms in total. The van der Waals surface area contributed by atoms with E-state index in [0.29, 0.717) is 12.3 Å². The average Bonchev–Trinajstić information content (AvgIpc) is 2.52. The van der Waals surface area contributed by atoms with Gasteiger partial charge in [0.2, 0.25) is 0 Å². The highest BCUT2D eigenvalue weighted by Gasteiger charge is 2.27. The highest BCUT2D eigenvalue weighted by Crippen LogP contribution is 2.46. The summed E-state index contributed by atoms with van der Waals surface area (Å²) in [7, 11) is -0.625. The Morgan fingerprint density at radius 2 is 1.73 bits per heavy atom. The third-order valence-corrected chi connectivity index (χ3v) is 5.86. The third-order valence-electron chi connectivity index (χ3n) is 4.01. The fourth-order valence-electron chi connectivity index (χ4n) is 2.44. The van der Waals surface area contributed by atoms with E-state index in [4.69, 9.17) is 9.05 Å². The second-order valence-electron chi connectivity index (χ2n) is 5.91. The normalized spacial score (nSPS) is 13.3. The summed E-state index contributed by atoms with van der Waals surface area (Å²) in [6, 6.07) is 10.3.